The summed E-state index contributed by atoms with van der Waals surface area (Å²) in [6, 6.07) is 0. The van der Waals surface area contributed by atoms with E-state index >= 15 is 0 Å². The molecule has 268 valence electrons. The second kappa shape index (κ2) is 18.8. The first-order valence-electron chi connectivity index (χ1n) is 20.3. The predicted molar refractivity (Wildman–Crippen MR) is 207 cm³/mol. The molecule has 0 heterocycles. The minimum absolute atomic E-state index is 0.0220. The maximum Gasteiger partial charge on any atom is 0.306 e. The number of ether oxygens (including phenoxy) is 1. The van der Waals surface area contributed by atoms with Crippen LogP contribution in [0, 0.1) is 46.3 Å². The van der Waals surface area contributed by atoms with Crippen molar-refractivity contribution in [3.05, 3.63) is 71.9 Å². The van der Waals surface area contributed by atoms with E-state index in [1.807, 2.05) is 0 Å². The highest BCUT2D eigenvalue weighted by Gasteiger charge is 2.57. The summed E-state index contributed by atoms with van der Waals surface area (Å²) in [4.78, 5) is 12.8. The molecule has 3 fully saturated rings. The van der Waals surface area contributed by atoms with Crippen LogP contribution < -0.4 is 0 Å². The second-order valence-electron chi connectivity index (χ2n) is 16.9. The zero-order valence-electron chi connectivity index (χ0n) is 32.2. The fourth-order valence-corrected chi connectivity index (χ4v) is 9.81. The third-order valence-corrected chi connectivity index (χ3v) is 13.3. The Labute approximate surface area is 296 Å². The highest BCUT2D eigenvalue weighted by atomic mass is 16.5. The van der Waals surface area contributed by atoms with Gasteiger partial charge in [0.15, 0.2) is 0 Å². The van der Waals surface area contributed by atoms with Crippen LogP contribution in [-0.2, 0) is 9.53 Å². The highest BCUT2D eigenvalue weighted by Crippen LogP contribution is 2.66. The number of allylic oxidation sites excluding steroid dienone is 11. The van der Waals surface area contributed by atoms with Crippen LogP contribution in [0.25, 0.3) is 0 Å². The Morgan fingerprint density at radius 3 is 2.27 bits per heavy atom. The van der Waals surface area contributed by atoms with E-state index < -0.39 is 0 Å². The van der Waals surface area contributed by atoms with E-state index in [9.17, 15) is 4.79 Å². The van der Waals surface area contributed by atoms with Gasteiger partial charge in [0.05, 0.1) is 0 Å². The van der Waals surface area contributed by atoms with E-state index in [1.54, 1.807) is 11.1 Å². The average Bonchev–Trinajstić information content (AvgIpc) is 3.42. The maximum atomic E-state index is 12.8. The summed E-state index contributed by atoms with van der Waals surface area (Å²) >= 11 is 0. The van der Waals surface area contributed by atoms with Gasteiger partial charge in [-0.05, 0) is 123 Å². The van der Waals surface area contributed by atoms with Gasteiger partial charge in [0.2, 0.25) is 0 Å². The van der Waals surface area contributed by atoms with Gasteiger partial charge in [-0.25, -0.2) is 0 Å². The third-order valence-electron chi connectivity index (χ3n) is 13.3. The van der Waals surface area contributed by atoms with Crippen molar-refractivity contribution in [1.82, 2.24) is 0 Å². The van der Waals surface area contributed by atoms with Gasteiger partial charge in [-0.2, -0.15) is 0 Å². The Morgan fingerprint density at radius 2 is 1.52 bits per heavy atom. The maximum absolute atomic E-state index is 12.8. The largest absolute Gasteiger partial charge is 0.462 e. The number of hydrogen-bond donors (Lipinski definition) is 0. The van der Waals surface area contributed by atoms with E-state index in [-0.39, 0.29) is 17.5 Å². The molecule has 0 spiro atoms. The van der Waals surface area contributed by atoms with Crippen molar-refractivity contribution < 1.29 is 9.53 Å². The van der Waals surface area contributed by atoms with Crippen molar-refractivity contribution in [2.75, 3.05) is 0 Å². The van der Waals surface area contributed by atoms with Crippen molar-refractivity contribution in [2.24, 2.45) is 46.3 Å². The van der Waals surface area contributed by atoms with Gasteiger partial charge in [0, 0.05) is 12.8 Å². The normalized spacial score (nSPS) is 31.7. The molecular weight excluding hydrogens is 585 g/mol. The SMILES string of the molecule is CC/C=C\C/C=C\C/C=C\CCCCCCCC(=O)OC1CC[C@@]2(C)C(=CC=C3[C@@H]4CC[C@H]([C@H](C)C=C[C@H](C)C(C)C)[C@@]4(C)CC[C@@H]32)C1. The molecule has 1 unspecified atom stereocenters. The van der Waals surface area contributed by atoms with Gasteiger partial charge in [0.25, 0.3) is 0 Å². The van der Waals surface area contributed by atoms with Crippen molar-refractivity contribution in [3.63, 3.8) is 0 Å². The van der Waals surface area contributed by atoms with Crippen LogP contribution in [0.3, 0.4) is 0 Å². The van der Waals surface area contributed by atoms with Gasteiger partial charge in [-0.1, -0.05) is 140 Å². The zero-order chi connectivity index (χ0) is 34.6. The lowest BCUT2D eigenvalue weighted by atomic mass is 9.50. The first-order chi connectivity index (χ1) is 23.1. The molecule has 0 radical (unpaired) electrons. The first kappa shape index (κ1) is 38.7. The number of unbranched alkanes of at least 4 members (excludes halogenated alkanes) is 5. The Bertz CT molecular complexity index is 1190. The van der Waals surface area contributed by atoms with Crippen molar-refractivity contribution >= 4 is 5.97 Å². The van der Waals surface area contributed by atoms with Crippen molar-refractivity contribution in [2.45, 2.75) is 164 Å². The van der Waals surface area contributed by atoms with Gasteiger partial charge >= 0.3 is 5.97 Å². The quantitative estimate of drug-likeness (QED) is 0.0833. The smallest absolute Gasteiger partial charge is 0.306 e. The number of carbonyl (C=O) groups is 1. The summed E-state index contributed by atoms with van der Waals surface area (Å²) in [6.45, 7) is 16.9. The molecule has 0 aromatic heterocycles. The second-order valence-corrected chi connectivity index (χ2v) is 16.9. The summed E-state index contributed by atoms with van der Waals surface area (Å²) in [6.07, 6.45) is 42.9. The molecule has 2 nitrogen and oxygen atoms in total. The topological polar surface area (TPSA) is 26.3 Å². The van der Waals surface area contributed by atoms with Crippen molar-refractivity contribution in [1.29, 1.82) is 0 Å². The van der Waals surface area contributed by atoms with Crippen LogP contribution >= 0.6 is 0 Å². The number of carbonyl (C=O) groups excluding carboxylic acids is 1. The van der Waals surface area contributed by atoms with Gasteiger partial charge in [0.1, 0.15) is 6.10 Å². The molecule has 0 bridgehead atoms. The van der Waals surface area contributed by atoms with Crippen molar-refractivity contribution in [3.8, 4) is 0 Å². The number of rotatable bonds is 18. The number of esters is 1. The van der Waals surface area contributed by atoms with Gasteiger partial charge < -0.3 is 4.74 Å². The molecular formula is C46H72O2. The van der Waals surface area contributed by atoms with Gasteiger partial charge in [-0.15, -0.1) is 0 Å². The van der Waals surface area contributed by atoms with E-state index in [4.69, 9.17) is 4.74 Å². The molecule has 0 amide bonds. The van der Waals surface area contributed by atoms with Crippen LogP contribution in [0.4, 0.5) is 0 Å². The van der Waals surface area contributed by atoms with Crippen LogP contribution in [0.5, 0.6) is 0 Å². The zero-order valence-corrected chi connectivity index (χ0v) is 32.2. The molecule has 4 rings (SSSR count). The molecule has 0 N–H and O–H groups in total. The molecule has 2 heteroatoms. The van der Waals surface area contributed by atoms with Crippen LogP contribution in [0.1, 0.15) is 158 Å². The van der Waals surface area contributed by atoms with Crippen LogP contribution in [0.2, 0.25) is 0 Å². The molecule has 0 aromatic rings. The molecule has 0 saturated heterocycles. The number of hydrogen-bond acceptors (Lipinski definition) is 2. The average molecular weight is 657 g/mol. The van der Waals surface area contributed by atoms with E-state index in [0.29, 0.717) is 35.5 Å². The Balaban J connectivity index is 1.17. The Kier molecular flexibility index (Phi) is 15.1. The fourth-order valence-electron chi connectivity index (χ4n) is 9.81. The lowest BCUT2D eigenvalue weighted by Crippen LogP contribution is -2.46. The minimum Gasteiger partial charge on any atom is -0.462 e. The molecule has 0 aliphatic heterocycles. The summed E-state index contributed by atoms with van der Waals surface area (Å²) in [7, 11) is 0. The molecule has 4 aliphatic carbocycles. The third kappa shape index (κ3) is 10.0. The van der Waals surface area contributed by atoms with Crippen LogP contribution in [0.15, 0.2) is 71.9 Å². The lowest BCUT2D eigenvalue weighted by molar-refractivity contribution is -0.151. The van der Waals surface area contributed by atoms with Crippen LogP contribution in [-0.4, -0.2) is 12.1 Å². The summed E-state index contributed by atoms with van der Waals surface area (Å²) in [5.74, 6) is 4.21. The Hall–Kier alpha value is -2.09. The van der Waals surface area contributed by atoms with E-state index in [2.05, 4.69) is 109 Å². The molecule has 8 atom stereocenters. The first-order valence-corrected chi connectivity index (χ1v) is 20.3. The van der Waals surface area contributed by atoms with Gasteiger partial charge in [-0.3, -0.25) is 4.79 Å². The monoisotopic (exact) mass is 657 g/mol. The minimum atomic E-state index is 0.0220. The molecule has 48 heavy (non-hydrogen) atoms. The highest BCUT2D eigenvalue weighted by molar-refractivity contribution is 5.69. The number of fused-ring (bicyclic) bond motifs is 5. The lowest BCUT2D eigenvalue weighted by Gasteiger charge is -2.55. The van der Waals surface area contributed by atoms with E-state index in [1.165, 1.54) is 44.9 Å². The standard InChI is InChI=1S/C46H72O2/c1-8-9-10-11-12-13-14-15-16-17-18-19-20-21-22-23-44(47)48-39-30-32-45(6)38(34-39)26-27-40-42-29-28-41(46(42,7)33-31-43(40)45)37(5)25-24-36(4)35(2)3/h9-10,12-13,15-16,24-27,35-37,39,41-43H,8,11,14,17-23,28-34H2,1-7H3/b10-9-,13-12-,16-15-,25-24?/t36-,37+,39?,41+,42-,43-,45-,46+/m0/s1. The fraction of sp³-hybridized carbons (Fsp3) is 0.717. The predicted octanol–water partition coefficient (Wildman–Crippen LogP) is 13.5. The van der Waals surface area contributed by atoms with E-state index in [0.717, 1.165) is 69.6 Å². The Morgan fingerprint density at radius 1 is 0.812 bits per heavy atom. The summed E-state index contributed by atoms with van der Waals surface area (Å²) < 4.78 is 6.10. The molecule has 3 saturated carbocycles. The summed E-state index contributed by atoms with van der Waals surface area (Å²) in [5, 5.41) is 0. The summed E-state index contributed by atoms with van der Waals surface area (Å²) in [5.41, 5.74) is 3.97. The molecule has 4 aliphatic rings. The molecule has 0 aromatic carbocycles.